The molecule has 1 aliphatic carbocycles. The predicted molar refractivity (Wildman–Crippen MR) is 116 cm³/mol. The van der Waals surface area contributed by atoms with Gasteiger partial charge in [0.25, 0.3) is 11.5 Å². The van der Waals surface area contributed by atoms with Gasteiger partial charge < -0.3 is 15.1 Å². The topological polar surface area (TPSA) is 90.6 Å². The first-order valence-electron chi connectivity index (χ1n) is 10.4. The number of nitriles is 1. The maximum Gasteiger partial charge on any atom is 0.435 e. The summed E-state index contributed by atoms with van der Waals surface area (Å²) in [5.74, 6) is -1.51. The van der Waals surface area contributed by atoms with Crippen LogP contribution in [0.5, 0.6) is 0 Å². The molecule has 1 fully saturated rings. The molecule has 0 spiro atoms. The van der Waals surface area contributed by atoms with E-state index in [9.17, 15) is 22.4 Å². The van der Waals surface area contributed by atoms with Gasteiger partial charge in [-0.25, -0.2) is 4.39 Å². The third kappa shape index (κ3) is 3.94. The number of rotatable bonds is 3. The van der Waals surface area contributed by atoms with Gasteiger partial charge in [0.05, 0.1) is 22.5 Å². The van der Waals surface area contributed by atoms with E-state index < -0.39 is 51.1 Å². The lowest BCUT2D eigenvalue weighted by atomic mass is 9.89. The molecule has 182 valence electrons. The molecular formula is C22H15Cl2F4N5O2. The monoisotopic (exact) mass is 527 g/mol. The highest BCUT2D eigenvalue weighted by Crippen LogP contribution is 2.50. The lowest BCUT2D eigenvalue weighted by Crippen LogP contribution is -2.44. The van der Waals surface area contributed by atoms with Crippen molar-refractivity contribution in [3.05, 3.63) is 62.6 Å². The van der Waals surface area contributed by atoms with Crippen molar-refractivity contribution in [2.24, 2.45) is 5.16 Å². The molecule has 35 heavy (non-hydrogen) atoms. The maximum atomic E-state index is 14.2. The van der Waals surface area contributed by atoms with Gasteiger partial charge in [0.15, 0.2) is 5.82 Å². The quantitative estimate of drug-likeness (QED) is 0.456. The Morgan fingerprint density at radius 3 is 2.43 bits per heavy atom. The Bertz CT molecular complexity index is 1300. The summed E-state index contributed by atoms with van der Waals surface area (Å²) in [6, 6.07) is 5.27. The number of amidine groups is 1. The molecule has 0 bridgehead atoms. The van der Waals surface area contributed by atoms with Gasteiger partial charge >= 0.3 is 6.18 Å². The third-order valence-electron chi connectivity index (χ3n) is 6.34. The molecule has 0 radical (unpaired) electrons. The van der Waals surface area contributed by atoms with Crippen LogP contribution in [0.15, 0.2) is 29.6 Å². The van der Waals surface area contributed by atoms with Gasteiger partial charge in [0, 0.05) is 24.8 Å². The Morgan fingerprint density at radius 2 is 1.83 bits per heavy atom. The number of pyridine rings is 1. The van der Waals surface area contributed by atoms with Crippen molar-refractivity contribution >= 4 is 34.9 Å². The highest BCUT2D eigenvalue weighted by atomic mass is 35.5. The van der Waals surface area contributed by atoms with Crippen LogP contribution in [0.4, 0.5) is 17.6 Å². The summed E-state index contributed by atoms with van der Waals surface area (Å²) in [5, 5.41) is 14.4. The molecule has 1 aromatic heterocycles. The van der Waals surface area contributed by atoms with Crippen LogP contribution in [0.1, 0.15) is 46.4 Å². The van der Waals surface area contributed by atoms with Gasteiger partial charge in [0.1, 0.15) is 17.1 Å². The lowest BCUT2D eigenvalue weighted by molar-refractivity contribution is -0.275. The van der Waals surface area contributed by atoms with E-state index in [1.165, 1.54) is 6.20 Å². The van der Waals surface area contributed by atoms with Crippen LogP contribution in [0.25, 0.3) is 0 Å². The van der Waals surface area contributed by atoms with E-state index >= 15 is 0 Å². The summed E-state index contributed by atoms with van der Waals surface area (Å²) in [7, 11) is 0. The van der Waals surface area contributed by atoms with Crippen molar-refractivity contribution in [1.29, 1.82) is 5.26 Å². The van der Waals surface area contributed by atoms with Crippen molar-refractivity contribution in [2.45, 2.75) is 49.7 Å². The summed E-state index contributed by atoms with van der Waals surface area (Å²) in [6.45, 7) is 0.371. The van der Waals surface area contributed by atoms with Crippen LogP contribution >= 0.6 is 23.2 Å². The van der Waals surface area contributed by atoms with E-state index in [2.05, 4.69) is 21.5 Å². The second-order valence-electron chi connectivity index (χ2n) is 8.70. The number of amides is 1. The number of hydrogen-bond donors (Lipinski definition) is 1. The fraction of sp³-hybridized carbons (Fsp3) is 0.364. The van der Waals surface area contributed by atoms with E-state index in [0.29, 0.717) is 24.0 Å². The van der Waals surface area contributed by atoms with Crippen LogP contribution in [0.2, 0.25) is 10.0 Å². The van der Waals surface area contributed by atoms with E-state index in [4.69, 9.17) is 33.3 Å². The lowest BCUT2D eigenvalue weighted by Gasteiger charge is -2.30. The first kappa shape index (κ1) is 23.6. The maximum absolute atomic E-state index is 14.2. The molecule has 1 aromatic carbocycles. The minimum absolute atomic E-state index is 0.0162. The van der Waals surface area contributed by atoms with Crippen molar-refractivity contribution in [1.82, 2.24) is 15.2 Å². The number of aromatic nitrogens is 1. The zero-order chi connectivity index (χ0) is 25.2. The molecule has 1 unspecified atom stereocenters. The zero-order valence-electron chi connectivity index (χ0n) is 17.7. The number of benzene rings is 1. The minimum atomic E-state index is -4.92. The van der Waals surface area contributed by atoms with Crippen molar-refractivity contribution in [3.8, 4) is 6.07 Å². The molecule has 5 rings (SSSR count). The molecule has 0 saturated heterocycles. The summed E-state index contributed by atoms with van der Waals surface area (Å²) >= 11 is 11.5. The highest BCUT2D eigenvalue weighted by Gasteiger charge is 2.63. The van der Waals surface area contributed by atoms with E-state index in [1.54, 1.807) is 11.0 Å². The summed E-state index contributed by atoms with van der Waals surface area (Å²) in [5.41, 5.74) is -2.71. The van der Waals surface area contributed by atoms with E-state index in [0.717, 1.165) is 12.1 Å². The minimum Gasteiger partial charge on any atom is -0.372 e. The second kappa shape index (κ2) is 7.96. The van der Waals surface area contributed by atoms with Gasteiger partial charge in [-0.15, -0.1) is 0 Å². The first-order valence-corrected chi connectivity index (χ1v) is 11.2. The second-order valence-corrected chi connectivity index (χ2v) is 9.51. The Labute approximate surface area is 206 Å². The fourth-order valence-electron chi connectivity index (χ4n) is 4.11. The van der Waals surface area contributed by atoms with Gasteiger partial charge in [-0.3, -0.25) is 9.78 Å². The van der Waals surface area contributed by atoms with E-state index in [-0.39, 0.29) is 24.6 Å². The number of oxime groups is 1. The molecule has 1 atom stereocenters. The average Bonchev–Trinajstić information content (AvgIpc) is 3.22. The number of alkyl halides is 3. The molecule has 3 aliphatic rings. The van der Waals surface area contributed by atoms with Gasteiger partial charge in [-0.1, -0.05) is 28.4 Å². The number of carbonyl (C=O) groups is 1. The number of nitrogens with one attached hydrogen (secondary N) is 1. The highest BCUT2D eigenvalue weighted by molar-refractivity contribution is 6.35. The SMILES string of the molecule is N#CC1(NC(=O)c2cc3c(cn2)CN(C2=NOC(c4cc(Cl)c(F)c(Cl)c4)(C(F)(F)F)C2)C3)CC1. The number of nitrogens with zero attached hydrogens (tertiary/aromatic N) is 4. The van der Waals surface area contributed by atoms with Crippen molar-refractivity contribution < 1.29 is 27.2 Å². The molecule has 3 heterocycles. The molecular weight excluding hydrogens is 513 g/mol. The number of hydrogen-bond acceptors (Lipinski definition) is 6. The van der Waals surface area contributed by atoms with Gasteiger partial charge in [-0.05, 0) is 42.2 Å². The van der Waals surface area contributed by atoms with Crippen LogP contribution in [-0.2, 0) is 23.5 Å². The molecule has 1 amide bonds. The Hall–Kier alpha value is -3.10. The van der Waals surface area contributed by atoms with Crippen LogP contribution in [0.3, 0.4) is 0 Å². The molecule has 13 heteroatoms. The summed E-state index contributed by atoms with van der Waals surface area (Å²) < 4.78 is 56.5. The van der Waals surface area contributed by atoms with Crippen LogP contribution in [-0.4, -0.2) is 33.3 Å². The number of carbonyl (C=O) groups excluding carboxylic acids is 1. The van der Waals surface area contributed by atoms with E-state index in [1.807, 2.05) is 0 Å². The zero-order valence-corrected chi connectivity index (χ0v) is 19.2. The van der Waals surface area contributed by atoms with Crippen molar-refractivity contribution in [3.63, 3.8) is 0 Å². The Balaban J connectivity index is 1.36. The standard InChI is InChI=1S/C22H15Cl2F4N5O2/c23-14-4-13(5-15(24)18(14)25)21(22(26,27)28)6-17(32-35-21)33-8-11-3-16(30-7-12(11)9-33)19(34)31-20(10-29)1-2-20/h3-5,7H,1-2,6,8-9H2,(H,31,34). The Kier molecular flexibility index (Phi) is 5.38. The normalized spacial score (nSPS) is 22.2. The third-order valence-corrected chi connectivity index (χ3v) is 6.89. The Morgan fingerprint density at radius 1 is 1.17 bits per heavy atom. The summed E-state index contributed by atoms with van der Waals surface area (Å²) in [4.78, 5) is 23.2. The fourth-order valence-corrected chi connectivity index (χ4v) is 4.59. The largest absolute Gasteiger partial charge is 0.435 e. The van der Waals surface area contributed by atoms with Gasteiger partial charge in [-0.2, -0.15) is 18.4 Å². The molecule has 7 nitrogen and oxygen atoms in total. The molecule has 1 saturated carbocycles. The smallest absolute Gasteiger partial charge is 0.372 e. The number of fused-ring (bicyclic) bond motifs is 1. The number of halogens is 6. The van der Waals surface area contributed by atoms with Crippen LogP contribution in [0, 0.1) is 17.1 Å². The molecule has 2 aromatic rings. The summed E-state index contributed by atoms with van der Waals surface area (Å²) in [6.07, 6.45) is -2.99. The molecule has 2 aliphatic heterocycles. The molecule has 1 N–H and O–H groups in total. The van der Waals surface area contributed by atoms with Crippen molar-refractivity contribution in [2.75, 3.05) is 0 Å². The first-order chi connectivity index (χ1) is 16.5. The van der Waals surface area contributed by atoms with Gasteiger partial charge in [0.2, 0.25) is 0 Å². The van der Waals surface area contributed by atoms with Crippen LogP contribution < -0.4 is 5.32 Å². The average molecular weight is 528 g/mol. The predicted octanol–water partition coefficient (Wildman–Crippen LogP) is 4.82.